The van der Waals surface area contributed by atoms with Crippen LogP contribution in [0.3, 0.4) is 0 Å². The summed E-state index contributed by atoms with van der Waals surface area (Å²) in [5.74, 6) is 1.70. The van der Waals surface area contributed by atoms with Gasteiger partial charge in [0.25, 0.3) is 5.69 Å². The van der Waals surface area contributed by atoms with Crippen molar-refractivity contribution in [3.63, 3.8) is 0 Å². The number of dihydropyridines is 1. The molecule has 1 N–H and O–H groups in total. The van der Waals surface area contributed by atoms with Crippen molar-refractivity contribution >= 4 is 34.2 Å². The molecule has 2 aromatic carbocycles. The maximum absolute atomic E-state index is 11.1. The van der Waals surface area contributed by atoms with E-state index >= 15 is 0 Å². The molecule has 0 saturated heterocycles. The molecule has 4 rings (SSSR count). The summed E-state index contributed by atoms with van der Waals surface area (Å²) in [6.45, 7) is 2.89. The van der Waals surface area contributed by atoms with Crippen molar-refractivity contribution < 1.29 is 4.92 Å². The van der Waals surface area contributed by atoms with Gasteiger partial charge in [-0.3, -0.25) is 15.1 Å². The third-order valence-corrected chi connectivity index (χ3v) is 4.67. The number of non-ortho nitro benzene ring substituents is 1. The number of hydrogen-bond donors (Lipinski definition) is 1. The third kappa shape index (κ3) is 3.34. The van der Waals surface area contributed by atoms with Crippen molar-refractivity contribution in [2.45, 2.75) is 6.92 Å². The van der Waals surface area contributed by atoms with Gasteiger partial charge in [-0.05, 0) is 29.2 Å². The topological polar surface area (TPSA) is 93.3 Å². The molecular weight excluding hydrogens is 354 g/mol. The van der Waals surface area contributed by atoms with E-state index in [2.05, 4.69) is 28.3 Å². The molecule has 0 amide bonds. The zero-order valence-electron chi connectivity index (χ0n) is 15.6. The molecular formula is C21H19N5O2. The predicted molar refractivity (Wildman–Crippen MR) is 112 cm³/mol. The average molecular weight is 373 g/mol. The molecule has 0 saturated carbocycles. The van der Waals surface area contributed by atoms with Crippen molar-refractivity contribution in [2.24, 2.45) is 10.9 Å². The monoisotopic (exact) mass is 373 g/mol. The summed E-state index contributed by atoms with van der Waals surface area (Å²) in [6.07, 6.45) is 3.95. The standard InChI is InChI=1S/C21H19N5O2/c1-13-8-16(12-23-11-13)20-24-19-7-6-15(10-18(19)21(22-2)25-20)14-4-3-5-17(9-14)26(27)28/h3-10,12-13H,11H2,1-2H3,(H,22,24,25). The molecule has 1 atom stereocenters. The number of nitrogens with one attached hydrogen (secondary N) is 1. The molecule has 0 radical (unpaired) electrons. The number of aromatic nitrogens is 2. The van der Waals surface area contributed by atoms with Crippen LogP contribution in [0.4, 0.5) is 11.5 Å². The van der Waals surface area contributed by atoms with E-state index in [1.54, 1.807) is 12.1 Å². The Labute approximate surface area is 162 Å². The Balaban J connectivity index is 1.82. The van der Waals surface area contributed by atoms with Gasteiger partial charge in [0.15, 0.2) is 5.82 Å². The predicted octanol–water partition coefficient (Wildman–Crippen LogP) is 4.35. The second-order valence-corrected chi connectivity index (χ2v) is 6.78. The lowest BCUT2D eigenvalue weighted by Crippen LogP contribution is -2.08. The number of hydrogen-bond acceptors (Lipinski definition) is 6. The average Bonchev–Trinajstić information content (AvgIpc) is 2.72. The maximum Gasteiger partial charge on any atom is 0.270 e. The van der Waals surface area contributed by atoms with Gasteiger partial charge in [-0.2, -0.15) is 0 Å². The Morgan fingerprint density at radius 3 is 2.71 bits per heavy atom. The maximum atomic E-state index is 11.1. The van der Waals surface area contributed by atoms with Crippen LogP contribution >= 0.6 is 0 Å². The highest BCUT2D eigenvalue weighted by Gasteiger charge is 2.14. The fourth-order valence-electron chi connectivity index (χ4n) is 3.28. The quantitative estimate of drug-likeness (QED) is 0.542. The summed E-state index contributed by atoms with van der Waals surface area (Å²) in [7, 11) is 1.82. The van der Waals surface area contributed by atoms with Crippen LogP contribution in [-0.4, -0.2) is 34.7 Å². The van der Waals surface area contributed by atoms with Crippen molar-refractivity contribution in [2.75, 3.05) is 18.9 Å². The molecule has 2 heterocycles. The summed E-state index contributed by atoms with van der Waals surface area (Å²) < 4.78 is 0. The van der Waals surface area contributed by atoms with Gasteiger partial charge >= 0.3 is 0 Å². The van der Waals surface area contributed by atoms with E-state index in [0.29, 0.717) is 17.6 Å². The normalized spacial score (nSPS) is 16.1. The highest BCUT2D eigenvalue weighted by atomic mass is 16.6. The Morgan fingerprint density at radius 1 is 1.14 bits per heavy atom. The minimum atomic E-state index is -0.389. The first-order chi connectivity index (χ1) is 13.5. The largest absolute Gasteiger partial charge is 0.373 e. The summed E-state index contributed by atoms with van der Waals surface area (Å²) in [5, 5.41) is 15.1. The van der Waals surface area contributed by atoms with E-state index in [4.69, 9.17) is 4.98 Å². The van der Waals surface area contributed by atoms with Gasteiger partial charge in [0.05, 0.1) is 10.4 Å². The molecule has 7 heteroatoms. The van der Waals surface area contributed by atoms with Crippen molar-refractivity contribution in [1.82, 2.24) is 9.97 Å². The van der Waals surface area contributed by atoms with Gasteiger partial charge in [0.2, 0.25) is 0 Å². The number of benzene rings is 2. The number of nitro groups is 1. The fraction of sp³-hybridized carbons (Fsp3) is 0.190. The SMILES string of the molecule is CNc1nc(C2=CC(C)CN=C2)nc2ccc(-c3cccc([N+](=O)[O-])c3)cc12. The molecule has 0 bridgehead atoms. The summed E-state index contributed by atoms with van der Waals surface area (Å²) in [6, 6.07) is 12.4. The summed E-state index contributed by atoms with van der Waals surface area (Å²) in [5.41, 5.74) is 3.43. The Bertz CT molecular complexity index is 1140. The lowest BCUT2D eigenvalue weighted by atomic mass is 10.0. The lowest BCUT2D eigenvalue weighted by Gasteiger charge is -2.13. The highest BCUT2D eigenvalue weighted by Crippen LogP contribution is 2.30. The van der Waals surface area contributed by atoms with Crippen LogP contribution in [-0.2, 0) is 0 Å². The smallest absolute Gasteiger partial charge is 0.270 e. The molecule has 1 aliphatic heterocycles. The Kier molecular flexibility index (Phi) is 4.57. The van der Waals surface area contributed by atoms with E-state index in [9.17, 15) is 10.1 Å². The first kappa shape index (κ1) is 17.8. The summed E-state index contributed by atoms with van der Waals surface area (Å²) >= 11 is 0. The minimum Gasteiger partial charge on any atom is -0.373 e. The van der Waals surface area contributed by atoms with Crippen LogP contribution < -0.4 is 5.32 Å². The molecule has 1 aromatic heterocycles. The second-order valence-electron chi connectivity index (χ2n) is 6.78. The van der Waals surface area contributed by atoms with E-state index in [1.807, 2.05) is 37.5 Å². The van der Waals surface area contributed by atoms with Crippen LogP contribution in [0, 0.1) is 16.0 Å². The van der Waals surface area contributed by atoms with Crippen LogP contribution in [0.1, 0.15) is 12.7 Å². The molecule has 0 spiro atoms. The zero-order chi connectivity index (χ0) is 19.7. The van der Waals surface area contributed by atoms with Gasteiger partial charge in [0.1, 0.15) is 5.82 Å². The van der Waals surface area contributed by atoms with E-state index < -0.39 is 0 Å². The van der Waals surface area contributed by atoms with Crippen molar-refractivity contribution in [1.29, 1.82) is 0 Å². The first-order valence-electron chi connectivity index (χ1n) is 9.01. The molecule has 140 valence electrons. The zero-order valence-corrected chi connectivity index (χ0v) is 15.6. The first-order valence-corrected chi connectivity index (χ1v) is 9.01. The number of anilines is 1. The minimum absolute atomic E-state index is 0.0654. The van der Waals surface area contributed by atoms with Gasteiger partial charge in [-0.15, -0.1) is 0 Å². The molecule has 1 unspecified atom stereocenters. The molecule has 7 nitrogen and oxygen atoms in total. The number of allylic oxidation sites excluding steroid dienone is 1. The molecule has 3 aromatic rings. The van der Waals surface area contributed by atoms with E-state index in [-0.39, 0.29) is 10.6 Å². The lowest BCUT2D eigenvalue weighted by molar-refractivity contribution is -0.384. The van der Waals surface area contributed by atoms with Crippen molar-refractivity contribution in [3.8, 4) is 11.1 Å². The summed E-state index contributed by atoms with van der Waals surface area (Å²) in [4.78, 5) is 24.4. The number of nitrogens with zero attached hydrogens (tertiary/aromatic N) is 4. The molecule has 0 aliphatic carbocycles. The van der Waals surface area contributed by atoms with Crippen LogP contribution in [0.25, 0.3) is 27.6 Å². The number of nitro benzene ring substituents is 1. The number of fused-ring (bicyclic) bond motifs is 1. The van der Waals surface area contributed by atoms with Crippen molar-refractivity contribution in [3.05, 3.63) is 64.5 Å². The number of aliphatic imine (C=N–C) groups is 1. The van der Waals surface area contributed by atoms with Gasteiger partial charge in [-0.25, -0.2) is 9.97 Å². The van der Waals surface area contributed by atoms with E-state index in [1.165, 1.54) is 6.07 Å². The number of rotatable bonds is 4. The molecule has 1 aliphatic rings. The van der Waals surface area contributed by atoms with Crippen LogP contribution in [0.5, 0.6) is 0 Å². The van der Waals surface area contributed by atoms with Gasteiger partial charge in [-0.1, -0.05) is 31.2 Å². The second kappa shape index (κ2) is 7.19. The Morgan fingerprint density at radius 2 is 1.96 bits per heavy atom. The molecule has 28 heavy (non-hydrogen) atoms. The molecule has 0 fully saturated rings. The van der Waals surface area contributed by atoms with Gasteiger partial charge in [0, 0.05) is 42.9 Å². The van der Waals surface area contributed by atoms with Crippen LogP contribution in [0.2, 0.25) is 0 Å². The van der Waals surface area contributed by atoms with Gasteiger partial charge < -0.3 is 5.32 Å². The van der Waals surface area contributed by atoms with Crippen LogP contribution in [0.15, 0.2) is 53.5 Å². The third-order valence-electron chi connectivity index (χ3n) is 4.67. The van der Waals surface area contributed by atoms with E-state index in [0.717, 1.165) is 34.1 Å². The highest BCUT2D eigenvalue weighted by molar-refractivity contribution is 6.09. The Hall–Kier alpha value is -3.61. The fourth-order valence-corrected chi connectivity index (χ4v) is 3.28.